The number of rotatable bonds is 6. The summed E-state index contributed by atoms with van der Waals surface area (Å²) in [6, 6.07) is 10.7. The van der Waals surface area contributed by atoms with Crippen LogP contribution in [0, 0.1) is 0 Å². The minimum Gasteiger partial charge on any atom is -0.495 e. The maximum atomic E-state index is 12.1. The van der Waals surface area contributed by atoms with Crippen LogP contribution in [-0.2, 0) is 4.79 Å². The number of ether oxygens (including phenoxy) is 3. The molecule has 0 saturated heterocycles. The lowest BCUT2D eigenvalue weighted by Gasteiger charge is -2.13. The van der Waals surface area contributed by atoms with E-state index in [0.29, 0.717) is 22.9 Å². The maximum Gasteiger partial charge on any atom is 0.262 e. The van der Waals surface area contributed by atoms with Gasteiger partial charge in [0.1, 0.15) is 17.2 Å². The van der Waals surface area contributed by atoms with Crippen molar-refractivity contribution in [3.8, 4) is 17.2 Å². The number of methoxy groups -OCH3 is 2. The third-order valence-corrected chi connectivity index (χ3v) is 4.08. The van der Waals surface area contributed by atoms with E-state index in [2.05, 4.69) is 37.2 Å². The highest BCUT2D eigenvalue weighted by Crippen LogP contribution is 2.36. The first-order chi connectivity index (χ1) is 11.0. The number of benzene rings is 2. The van der Waals surface area contributed by atoms with Crippen molar-refractivity contribution in [1.82, 2.24) is 0 Å². The molecule has 0 fully saturated rings. The fourth-order valence-electron chi connectivity index (χ4n) is 1.82. The molecule has 0 aliphatic carbocycles. The minimum absolute atomic E-state index is 0.108. The van der Waals surface area contributed by atoms with Gasteiger partial charge in [0.25, 0.3) is 5.91 Å². The first-order valence-corrected chi connectivity index (χ1v) is 8.22. The minimum atomic E-state index is -0.296. The Balaban J connectivity index is 2.03. The number of carbonyl (C=O) groups is 1. The molecule has 1 N–H and O–H groups in total. The van der Waals surface area contributed by atoms with Gasteiger partial charge in [0.15, 0.2) is 6.61 Å². The summed E-state index contributed by atoms with van der Waals surface area (Å²) < 4.78 is 17.6. The topological polar surface area (TPSA) is 56.8 Å². The number of anilines is 1. The third kappa shape index (κ3) is 4.87. The molecule has 0 radical (unpaired) electrons. The normalized spacial score (nSPS) is 10.1. The predicted molar refractivity (Wildman–Crippen MR) is 95.5 cm³/mol. The standard InChI is InChI=1S/C16H15Br2NO4/c1-21-14-8-13(15(22-2)7-12(14)18)19-16(20)9-23-11-5-3-10(17)4-6-11/h3-8H,9H2,1-2H3,(H,19,20). The molecule has 0 spiro atoms. The molecule has 0 heterocycles. The zero-order valence-electron chi connectivity index (χ0n) is 12.6. The van der Waals surface area contributed by atoms with Crippen molar-refractivity contribution in [3.63, 3.8) is 0 Å². The molecule has 0 unspecified atom stereocenters. The molecule has 0 saturated carbocycles. The van der Waals surface area contributed by atoms with E-state index in [-0.39, 0.29) is 12.5 Å². The molecular formula is C16H15Br2NO4. The highest BCUT2D eigenvalue weighted by Gasteiger charge is 2.12. The molecule has 122 valence electrons. The van der Waals surface area contributed by atoms with Crippen molar-refractivity contribution in [2.45, 2.75) is 0 Å². The lowest BCUT2D eigenvalue weighted by molar-refractivity contribution is -0.118. The number of nitrogens with one attached hydrogen (secondary N) is 1. The van der Waals surface area contributed by atoms with E-state index >= 15 is 0 Å². The van der Waals surface area contributed by atoms with Crippen molar-refractivity contribution in [2.24, 2.45) is 0 Å². The van der Waals surface area contributed by atoms with E-state index < -0.39 is 0 Å². The summed E-state index contributed by atoms with van der Waals surface area (Å²) in [6.45, 7) is -0.108. The zero-order chi connectivity index (χ0) is 16.8. The lowest BCUT2D eigenvalue weighted by atomic mass is 10.2. The highest BCUT2D eigenvalue weighted by molar-refractivity contribution is 9.10. The second-order valence-electron chi connectivity index (χ2n) is 4.48. The van der Waals surface area contributed by atoms with Gasteiger partial charge in [-0.25, -0.2) is 0 Å². The van der Waals surface area contributed by atoms with Crippen LogP contribution in [0.3, 0.4) is 0 Å². The molecule has 0 aliphatic heterocycles. The summed E-state index contributed by atoms with van der Waals surface area (Å²) >= 11 is 6.71. The van der Waals surface area contributed by atoms with Gasteiger partial charge in [-0.15, -0.1) is 0 Å². The van der Waals surface area contributed by atoms with Crippen molar-refractivity contribution in [3.05, 3.63) is 45.3 Å². The Morgan fingerprint density at radius 3 is 2.30 bits per heavy atom. The fourth-order valence-corrected chi connectivity index (χ4v) is 2.57. The molecule has 7 heteroatoms. The Bertz CT molecular complexity index is 689. The predicted octanol–water partition coefficient (Wildman–Crippen LogP) is 4.25. The lowest BCUT2D eigenvalue weighted by Crippen LogP contribution is -2.20. The van der Waals surface area contributed by atoms with E-state index in [9.17, 15) is 4.79 Å². The largest absolute Gasteiger partial charge is 0.495 e. The van der Waals surface area contributed by atoms with Crippen LogP contribution in [0.4, 0.5) is 5.69 Å². The molecule has 2 rings (SSSR count). The first-order valence-electron chi connectivity index (χ1n) is 6.63. The van der Waals surface area contributed by atoms with E-state index in [4.69, 9.17) is 14.2 Å². The van der Waals surface area contributed by atoms with E-state index in [1.165, 1.54) is 7.11 Å². The van der Waals surface area contributed by atoms with Gasteiger partial charge in [-0.2, -0.15) is 0 Å². The molecule has 0 aliphatic rings. The molecule has 1 amide bonds. The number of hydrogen-bond donors (Lipinski definition) is 1. The van der Waals surface area contributed by atoms with Gasteiger partial charge >= 0.3 is 0 Å². The van der Waals surface area contributed by atoms with Crippen molar-refractivity contribution < 1.29 is 19.0 Å². The van der Waals surface area contributed by atoms with Gasteiger partial charge in [0, 0.05) is 16.6 Å². The van der Waals surface area contributed by atoms with E-state index in [0.717, 1.165) is 8.95 Å². The summed E-state index contributed by atoms with van der Waals surface area (Å²) in [5.74, 6) is 1.43. The van der Waals surface area contributed by atoms with E-state index in [1.54, 1.807) is 31.4 Å². The Kier molecular flexibility index (Phi) is 6.29. The molecule has 0 atom stereocenters. The molecule has 0 aromatic heterocycles. The molecular weight excluding hydrogens is 430 g/mol. The average Bonchev–Trinajstić information content (AvgIpc) is 2.55. The number of carbonyl (C=O) groups excluding carboxylic acids is 1. The van der Waals surface area contributed by atoms with E-state index in [1.807, 2.05) is 12.1 Å². The van der Waals surface area contributed by atoms with Gasteiger partial charge < -0.3 is 19.5 Å². The SMILES string of the molecule is COc1cc(NC(=O)COc2ccc(Br)cc2)c(OC)cc1Br. The summed E-state index contributed by atoms with van der Waals surface area (Å²) in [5, 5.41) is 2.75. The van der Waals surface area contributed by atoms with Crippen molar-refractivity contribution >= 4 is 43.5 Å². The third-order valence-electron chi connectivity index (χ3n) is 2.93. The summed E-state index contributed by atoms with van der Waals surface area (Å²) in [7, 11) is 3.08. The maximum absolute atomic E-state index is 12.1. The Hall–Kier alpha value is -1.73. The molecule has 0 bridgehead atoms. The molecule has 2 aromatic carbocycles. The smallest absolute Gasteiger partial charge is 0.262 e. The van der Waals surface area contributed by atoms with Crippen LogP contribution >= 0.6 is 31.9 Å². The number of hydrogen-bond acceptors (Lipinski definition) is 4. The quantitative estimate of drug-likeness (QED) is 0.723. The highest BCUT2D eigenvalue weighted by atomic mass is 79.9. The van der Waals surface area contributed by atoms with Crippen LogP contribution in [0.2, 0.25) is 0 Å². The van der Waals surface area contributed by atoms with Crippen LogP contribution in [0.5, 0.6) is 17.2 Å². The van der Waals surface area contributed by atoms with Gasteiger partial charge in [-0.05, 0) is 40.2 Å². The number of amides is 1. The second-order valence-corrected chi connectivity index (χ2v) is 6.25. The van der Waals surface area contributed by atoms with Gasteiger partial charge in [-0.3, -0.25) is 4.79 Å². The molecule has 5 nitrogen and oxygen atoms in total. The zero-order valence-corrected chi connectivity index (χ0v) is 15.7. The average molecular weight is 445 g/mol. The van der Waals surface area contributed by atoms with Gasteiger partial charge in [0.2, 0.25) is 0 Å². The Labute approximate surface area is 151 Å². The van der Waals surface area contributed by atoms with Gasteiger partial charge in [-0.1, -0.05) is 15.9 Å². The molecule has 2 aromatic rings. The summed E-state index contributed by atoms with van der Waals surface area (Å²) in [6.07, 6.45) is 0. The van der Waals surface area contributed by atoms with Crippen LogP contribution in [0.15, 0.2) is 45.3 Å². The van der Waals surface area contributed by atoms with Gasteiger partial charge in [0.05, 0.1) is 24.4 Å². The van der Waals surface area contributed by atoms with Crippen LogP contribution in [0.1, 0.15) is 0 Å². The first kappa shape index (κ1) is 17.6. The van der Waals surface area contributed by atoms with Crippen molar-refractivity contribution in [1.29, 1.82) is 0 Å². The Morgan fingerprint density at radius 1 is 1.04 bits per heavy atom. The Morgan fingerprint density at radius 2 is 1.70 bits per heavy atom. The number of halogens is 2. The van der Waals surface area contributed by atoms with Crippen LogP contribution < -0.4 is 19.5 Å². The van der Waals surface area contributed by atoms with Crippen LogP contribution in [0.25, 0.3) is 0 Å². The second kappa shape index (κ2) is 8.21. The summed E-state index contributed by atoms with van der Waals surface area (Å²) in [5.41, 5.74) is 0.511. The monoisotopic (exact) mass is 443 g/mol. The van der Waals surface area contributed by atoms with Crippen molar-refractivity contribution in [2.75, 3.05) is 26.1 Å². The molecule has 23 heavy (non-hydrogen) atoms. The summed E-state index contributed by atoms with van der Waals surface area (Å²) in [4.78, 5) is 12.1. The van der Waals surface area contributed by atoms with Crippen LogP contribution in [-0.4, -0.2) is 26.7 Å². The fraction of sp³-hybridized carbons (Fsp3) is 0.188.